The van der Waals surface area contributed by atoms with Gasteiger partial charge < -0.3 is 4.74 Å². The number of carbonyl (C=O) groups is 1. The van der Waals surface area contributed by atoms with Gasteiger partial charge in [-0.15, -0.1) is 0 Å². The van der Waals surface area contributed by atoms with Gasteiger partial charge in [0.05, 0.1) is 24.9 Å². The maximum Gasteiger partial charge on any atom is 0.410 e. The van der Waals surface area contributed by atoms with Gasteiger partial charge in [-0.2, -0.15) is 0 Å². The normalized spacial score (nSPS) is 14.1. The summed E-state index contributed by atoms with van der Waals surface area (Å²) in [6, 6.07) is 0. The van der Waals surface area contributed by atoms with Crippen molar-refractivity contribution in [2.24, 2.45) is 0 Å². The van der Waals surface area contributed by atoms with E-state index in [1.165, 1.54) is 6.33 Å². The summed E-state index contributed by atoms with van der Waals surface area (Å²) in [5.41, 5.74) is 1.60. The fourth-order valence-corrected chi connectivity index (χ4v) is 1.76. The highest BCUT2D eigenvalue weighted by Crippen LogP contribution is 2.26. The molecular weight excluding hydrogens is 230 g/mol. The van der Waals surface area contributed by atoms with Gasteiger partial charge in [0, 0.05) is 5.56 Å². The predicted molar refractivity (Wildman–Crippen MR) is 57.9 cm³/mol. The second kappa shape index (κ2) is 4.25. The molecule has 0 saturated carbocycles. The Balaban J connectivity index is 2.11. The van der Waals surface area contributed by atoms with E-state index >= 15 is 0 Å². The predicted octanol–water partition coefficient (Wildman–Crippen LogP) is 1.99. The first kappa shape index (κ1) is 11.1. The van der Waals surface area contributed by atoms with Crippen LogP contribution in [0, 0.1) is 0 Å². The first-order chi connectivity index (χ1) is 7.58. The van der Waals surface area contributed by atoms with Crippen molar-refractivity contribution in [2.75, 3.05) is 0 Å². The number of nitrogens with zero attached hydrogens (tertiary/aromatic N) is 3. The quantitative estimate of drug-likeness (QED) is 0.706. The standard InChI is InChI=1S/C10H12ClN3O2/c1-6(2)16-10(15)14-3-7-8(4-14)12-5-13-9(7)11/h5-6H,3-4H2,1-2H3. The molecule has 0 aliphatic carbocycles. The van der Waals surface area contributed by atoms with Gasteiger partial charge in [0.25, 0.3) is 0 Å². The number of halogens is 1. The summed E-state index contributed by atoms with van der Waals surface area (Å²) in [6.45, 7) is 4.48. The van der Waals surface area contributed by atoms with Crippen LogP contribution in [0.3, 0.4) is 0 Å². The number of hydrogen-bond donors (Lipinski definition) is 0. The van der Waals surface area contributed by atoms with Crippen LogP contribution in [0.25, 0.3) is 0 Å². The van der Waals surface area contributed by atoms with Crippen molar-refractivity contribution in [3.8, 4) is 0 Å². The second-order valence-corrected chi connectivity index (χ2v) is 4.24. The van der Waals surface area contributed by atoms with Crippen LogP contribution >= 0.6 is 11.6 Å². The maximum atomic E-state index is 11.6. The minimum Gasteiger partial charge on any atom is -0.447 e. The molecule has 0 bridgehead atoms. The van der Waals surface area contributed by atoms with Crippen LogP contribution < -0.4 is 0 Å². The van der Waals surface area contributed by atoms with Crippen LogP contribution in [-0.2, 0) is 17.8 Å². The van der Waals surface area contributed by atoms with E-state index in [9.17, 15) is 4.79 Å². The van der Waals surface area contributed by atoms with E-state index in [-0.39, 0.29) is 12.2 Å². The molecule has 86 valence electrons. The monoisotopic (exact) mass is 241 g/mol. The minimum atomic E-state index is -0.343. The van der Waals surface area contributed by atoms with Gasteiger partial charge in [-0.1, -0.05) is 11.6 Å². The van der Waals surface area contributed by atoms with Crippen molar-refractivity contribution < 1.29 is 9.53 Å². The van der Waals surface area contributed by atoms with Crippen LogP contribution in [0.5, 0.6) is 0 Å². The molecule has 5 nitrogen and oxygen atoms in total. The van der Waals surface area contributed by atoms with E-state index in [0.29, 0.717) is 18.2 Å². The lowest BCUT2D eigenvalue weighted by molar-refractivity contribution is 0.0758. The Kier molecular flexibility index (Phi) is 2.96. The molecule has 2 rings (SSSR count). The van der Waals surface area contributed by atoms with Crippen LogP contribution in [0.4, 0.5) is 4.79 Å². The first-order valence-electron chi connectivity index (χ1n) is 5.01. The zero-order valence-electron chi connectivity index (χ0n) is 9.11. The van der Waals surface area contributed by atoms with Gasteiger partial charge in [-0.05, 0) is 13.8 Å². The molecule has 1 amide bonds. The Hall–Kier alpha value is -1.36. The van der Waals surface area contributed by atoms with Crippen LogP contribution in [-0.4, -0.2) is 27.1 Å². The number of rotatable bonds is 1. The summed E-state index contributed by atoms with van der Waals surface area (Å²) < 4.78 is 5.10. The van der Waals surface area contributed by atoms with E-state index in [4.69, 9.17) is 16.3 Å². The largest absolute Gasteiger partial charge is 0.447 e. The Morgan fingerprint density at radius 2 is 2.25 bits per heavy atom. The van der Waals surface area contributed by atoms with Gasteiger partial charge in [-0.25, -0.2) is 14.8 Å². The lowest BCUT2D eigenvalue weighted by atomic mass is 10.3. The van der Waals surface area contributed by atoms with Gasteiger partial charge >= 0.3 is 6.09 Å². The van der Waals surface area contributed by atoms with Crippen molar-refractivity contribution in [3.63, 3.8) is 0 Å². The lowest BCUT2D eigenvalue weighted by Gasteiger charge is -2.16. The maximum absolute atomic E-state index is 11.6. The van der Waals surface area contributed by atoms with Gasteiger partial charge in [0.15, 0.2) is 0 Å². The Bertz CT molecular complexity index is 423. The number of hydrogen-bond acceptors (Lipinski definition) is 4. The summed E-state index contributed by atoms with van der Waals surface area (Å²) >= 11 is 5.92. The van der Waals surface area contributed by atoms with Crippen molar-refractivity contribution in [1.29, 1.82) is 0 Å². The fourth-order valence-electron chi connectivity index (χ4n) is 1.55. The lowest BCUT2D eigenvalue weighted by Crippen LogP contribution is -2.28. The smallest absolute Gasteiger partial charge is 0.410 e. The molecule has 0 spiro atoms. The zero-order chi connectivity index (χ0) is 11.7. The molecule has 0 radical (unpaired) electrons. The van der Waals surface area contributed by atoms with Crippen LogP contribution in [0.15, 0.2) is 6.33 Å². The molecule has 0 unspecified atom stereocenters. The summed E-state index contributed by atoms with van der Waals surface area (Å²) in [6.07, 6.45) is 0.931. The molecule has 2 heterocycles. The molecule has 0 N–H and O–H groups in total. The number of aromatic nitrogens is 2. The average molecular weight is 242 g/mol. The third-order valence-electron chi connectivity index (χ3n) is 2.27. The summed E-state index contributed by atoms with van der Waals surface area (Å²) in [5, 5.41) is 0.407. The topological polar surface area (TPSA) is 55.3 Å². The molecule has 1 aliphatic rings. The highest BCUT2D eigenvalue weighted by atomic mass is 35.5. The number of carbonyl (C=O) groups excluding carboxylic acids is 1. The highest BCUT2D eigenvalue weighted by molar-refractivity contribution is 6.30. The molecule has 6 heteroatoms. The number of ether oxygens (including phenoxy) is 1. The molecule has 0 fully saturated rings. The van der Waals surface area contributed by atoms with Crippen molar-refractivity contribution in [2.45, 2.75) is 33.0 Å². The van der Waals surface area contributed by atoms with Gasteiger partial charge in [-0.3, -0.25) is 4.90 Å². The van der Waals surface area contributed by atoms with Crippen LogP contribution in [0.2, 0.25) is 5.15 Å². The molecule has 16 heavy (non-hydrogen) atoms. The van der Waals surface area contributed by atoms with Crippen LogP contribution in [0.1, 0.15) is 25.1 Å². The Morgan fingerprint density at radius 3 is 2.88 bits per heavy atom. The highest BCUT2D eigenvalue weighted by Gasteiger charge is 2.28. The SMILES string of the molecule is CC(C)OC(=O)N1Cc2ncnc(Cl)c2C1. The molecule has 0 aromatic carbocycles. The Labute approximate surface area is 98.4 Å². The summed E-state index contributed by atoms with van der Waals surface area (Å²) in [4.78, 5) is 21.2. The van der Waals surface area contributed by atoms with E-state index in [1.807, 2.05) is 13.8 Å². The second-order valence-electron chi connectivity index (χ2n) is 3.88. The van der Waals surface area contributed by atoms with E-state index in [2.05, 4.69) is 9.97 Å². The van der Waals surface area contributed by atoms with Crippen molar-refractivity contribution in [1.82, 2.24) is 14.9 Å². The summed E-state index contributed by atoms with van der Waals surface area (Å²) in [7, 11) is 0. The van der Waals surface area contributed by atoms with E-state index < -0.39 is 0 Å². The third kappa shape index (κ3) is 2.09. The molecule has 1 aromatic heterocycles. The number of fused-ring (bicyclic) bond motifs is 1. The van der Waals surface area contributed by atoms with Gasteiger partial charge in [0.2, 0.25) is 0 Å². The van der Waals surface area contributed by atoms with Crippen molar-refractivity contribution >= 4 is 17.7 Å². The molecular formula is C10H12ClN3O2. The fraction of sp³-hybridized carbons (Fsp3) is 0.500. The van der Waals surface area contributed by atoms with Gasteiger partial charge in [0.1, 0.15) is 11.5 Å². The average Bonchev–Trinajstić information content (AvgIpc) is 2.61. The third-order valence-corrected chi connectivity index (χ3v) is 2.59. The van der Waals surface area contributed by atoms with E-state index in [1.54, 1.807) is 4.90 Å². The zero-order valence-corrected chi connectivity index (χ0v) is 9.86. The van der Waals surface area contributed by atoms with E-state index in [0.717, 1.165) is 11.3 Å². The Morgan fingerprint density at radius 1 is 1.50 bits per heavy atom. The minimum absolute atomic E-state index is 0.127. The molecule has 0 atom stereocenters. The molecule has 0 saturated heterocycles. The first-order valence-corrected chi connectivity index (χ1v) is 5.39. The van der Waals surface area contributed by atoms with Crippen molar-refractivity contribution in [3.05, 3.63) is 22.7 Å². The summed E-state index contributed by atoms with van der Waals surface area (Å²) in [5.74, 6) is 0. The molecule has 1 aliphatic heterocycles. The number of amides is 1. The molecule has 1 aromatic rings.